The number of nitrogens with one attached hydrogen (secondary N) is 1. The minimum absolute atomic E-state index is 0.128. The minimum atomic E-state index is -0.428. The molecular formula is C17H22ClFN2S. The van der Waals surface area contributed by atoms with E-state index in [0.717, 1.165) is 13.0 Å². The molecule has 2 atom stereocenters. The summed E-state index contributed by atoms with van der Waals surface area (Å²) in [5.74, 6) is -0.428. The van der Waals surface area contributed by atoms with Crippen molar-refractivity contribution in [2.24, 2.45) is 10.8 Å². The van der Waals surface area contributed by atoms with E-state index in [1.165, 1.54) is 18.9 Å². The maximum atomic E-state index is 13.6. The van der Waals surface area contributed by atoms with Crippen molar-refractivity contribution >= 4 is 34.6 Å². The Bertz CT molecular complexity index is 619. The number of likely N-dealkylation sites (tertiary alicyclic amines) is 1. The average molecular weight is 341 g/mol. The molecule has 1 aliphatic heterocycles. The molecule has 0 amide bonds. The van der Waals surface area contributed by atoms with Gasteiger partial charge in [-0.2, -0.15) is 0 Å². The number of hydrogen-bond acceptors (Lipinski definition) is 1. The molecule has 120 valence electrons. The van der Waals surface area contributed by atoms with Gasteiger partial charge in [-0.15, -0.1) is 0 Å². The van der Waals surface area contributed by atoms with Crippen molar-refractivity contribution in [3.8, 4) is 0 Å². The molecule has 22 heavy (non-hydrogen) atoms. The summed E-state index contributed by atoms with van der Waals surface area (Å²) in [5, 5.41) is 3.98. The molecular weight excluding hydrogens is 319 g/mol. The first-order valence-corrected chi connectivity index (χ1v) is 8.49. The zero-order valence-electron chi connectivity index (χ0n) is 13.2. The number of hydrogen-bond donors (Lipinski definition) is 1. The molecule has 2 nitrogen and oxygen atoms in total. The summed E-state index contributed by atoms with van der Waals surface area (Å²) >= 11 is 11.3. The molecule has 0 spiro atoms. The van der Waals surface area contributed by atoms with Gasteiger partial charge in [0.2, 0.25) is 0 Å². The smallest absolute Gasteiger partial charge is 0.173 e. The highest BCUT2D eigenvalue weighted by molar-refractivity contribution is 7.80. The zero-order valence-corrected chi connectivity index (χ0v) is 14.8. The standard InChI is InChI=1S/C17H22ClFN2S/c1-16(2)7-12-8-17(3,9-16)10-21(12)15(22)20-11-4-5-13(18)14(19)6-11/h4-6,12H,7-10H2,1-3H3,(H,20,22)/t12-,17+/m0/s1. The summed E-state index contributed by atoms with van der Waals surface area (Å²) in [6, 6.07) is 5.17. The lowest BCUT2D eigenvalue weighted by Gasteiger charge is -2.39. The fourth-order valence-corrected chi connectivity index (χ4v) is 4.92. The molecule has 0 aromatic heterocycles. The quantitative estimate of drug-likeness (QED) is 0.718. The van der Waals surface area contributed by atoms with Crippen LogP contribution in [-0.2, 0) is 0 Å². The van der Waals surface area contributed by atoms with Crippen LogP contribution in [0.25, 0.3) is 0 Å². The molecule has 1 saturated carbocycles. The van der Waals surface area contributed by atoms with E-state index in [2.05, 4.69) is 31.0 Å². The largest absolute Gasteiger partial charge is 0.345 e. The van der Waals surface area contributed by atoms with Gasteiger partial charge in [0.05, 0.1) is 5.02 Å². The highest BCUT2D eigenvalue weighted by atomic mass is 35.5. The van der Waals surface area contributed by atoms with Gasteiger partial charge in [0.25, 0.3) is 0 Å². The van der Waals surface area contributed by atoms with Gasteiger partial charge in [0.1, 0.15) is 5.82 Å². The SMILES string of the molecule is CC1(C)C[C@H]2C[C@@](C)(CN2C(=S)Nc2ccc(Cl)c(F)c2)C1. The average Bonchev–Trinajstić information content (AvgIpc) is 2.63. The Balaban J connectivity index is 1.74. The third-order valence-corrected chi connectivity index (χ3v) is 5.49. The molecule has 0 radical (unpaired) electrons. The van der Waals surface area contributed by atoms with Gasteiger partial charge in [-0.1, -0.05) is 32.4 Å². The molecule has 0 unspecified atom stereocenters. The van der Waals surface area contributed by atoms with Crippen LogP contribution in [0, 0.1) is 16.6 Å². The van der Waals surface area contributed by atoms with Crippen molar-refractivity contribution in [1.82, 2.24) is 4.90 Å². The predicted molar refractivity (Wildman–Crippen MR) is 93.9 cm³/mol. The molecule has 2 fully saturated rings. The molecule has 1 saturated heterocycles. The van der Waals surface area contributed by atoms with Crippen LogP contribution in [0.1, 0.15) is 40.0 Å². The van der Waals surface area contributed by atoms with Gasteiger partial charge in [0, 0.05) is 18.3 Å². The van der Waals surface area contributed by atoms with E-state index in [-0.39, 0.29) is 5.02 Å². The van der Waals surface area contributed by atoms with E-state index in [4.69, 9.17) is 23.8 Å². The van der Waals surface area contributed by atoms with E-state index in [9.17, 15) is 4.39 Å². The summed E-state index contributed by atoms with van der Waals surface area (Å²) in [6.45, 7) is 8.01. The number of thiocarbonyl (C=S) groups is 1. The van der Waals surface area contributed by atoms with Crippen LogP contribution < -0.4 is 5.32 Å². The van der Waals surface area contributed by atoms with Crippen LogP contribution in [0.15, 0.2) is 18.2 Å². The molecule has 3 rings (SSSR count). The molecule has 2 aliphatic rings. The van der Waals surface area contributed by atoms with E-state index in [1.807, 2.05) is 0 Å². The Hall–Kier alpha value is -0.870. The summed E-state index contributed by atoms with van der Waals surface area (Å²) in [7, 11) is 0. The minimum Gasteiger partial charge on any atom is -0.345 e. The Kier molecular flexibility index (Phi) is 3.89. The Labute approximate surface area is 142 Å². The zero-order chi connectivity index (χ0) is 16.1. The summed E-state index contributed by atoms with van der Waals surface area (Å²) in [6.07, 6.45) is 3.57. The van der Waals surface area contributed by atoms with Crippen molar-refractivity contribution in [2.45, 2.75) is 46.1 Å². The summed E-state index contributed by atoms with van der Waals surface area (Å²) < 4.78 is 13.6. The van der Waals surface area contributed by atoms with Crippen LogP contribution in [0.3, 0.4) is 0 Å². The Morgan fingerprint density at radius 1 is 1.36 bits per heavy atom. The number of anilines is 1. The maximum Gasteiger partial charge on any atom is 0.173 e. The monoisotopic (exact) mass is 340 g/mol. The molecule has 1 heterocycles. The van der Waals surface area contributed by atoms with Crippen LogP contribution in [0.4, 0.5) is 10.1 Å². The van der Waals surface area contributed by atoms with Gasteiger partial charge in [-0.25, -0.2) is 4.39 Å². The van der Waals surface area contributed by atoms with Gasteiger partial charge in [0.15, 0.2) is 5.11 Å². The van der Waals surface area contributed by atoms with Crippen LogP contribution in [0.2, 0.25) is 5.02 Å². The van der Waals surface area contributed by atoms with Crippen molar-refractivity contribution in [3.05, 3.63) is 29.0 Å². The van der Waals surface area contributed by atoms with Crippen molar-refractivity contribution in [3.63, 3.8) is 0 Å². The van der Waals surface area contributed by atoms with Gasteiger partial charge < -0.3 is 10.2 Å². The number of halogens is 2. The fourth-order valence-electron chi connectivity index (χ4n) is 4.47. The third-order valence-electron chi connectivity index (χ3n) is 4.85. The van der Waals surface area contributed by atoms with E-state index in [1.54, 1.807) is 12.1 Å². The van der Waals surface area contributed by atoms with E-state index >= 15 is 0 Å². The third kappa shape index (κ3) is 3.09. The topological polar surface area (TPSA) is 15.3 Å². The van der Waals surface area contributed by atoms with Crippen molar-refractivity contribution in [2.75, 3.05) is 11.9 Å². The molecule has 1 aromatic rings. The fraction of sp³-hybridized carbons (Fsp3) is 0.588. The molecule has 1 aromatic carbocycles. The molecule has 2 bridgehead atoms. The van der Waals surface area contributed by atoms with Crippen LogP contribution >= 0.6 is 23.8 Å². The Morgan fingerprint density at radius 2 is 2.09 bits per heavy atom. The molecule has 1 aliphatic carbocycles. The number of rotatable bonds is 1. The summed E-state index contributed by atoms with van der Waals surface area (Å²) in [4.78, 5) is 2.29. The normalized spacial score (nSPS) is 29.5. The Morgan fingerprint density at radius 3 is 2.77 bits per heavy atom. The first-order chi connectivity index (χ1) is 10.2. The second kappa shape index (κ2) is 5.34. The van der Waals surface area contributed by atoms with Crippen LogP contribution in [-0.4, -0.2) is 22.6 Å². The lowest BCUT2D eigenvalue weighted by Crippen LogP contribution is -2.39. The van der Waals surface area contributed by atoms with Crippen molar-refractivity contribution < 1.29 is 4.39 Å². The lowest BCUT2D eigenvalue weighted by atomic mass is 9.65. The van der Waals surface area contributed by atoms with Gasteiger partial charge in [-0.3, -0.25) is 0 Å². The highest BCUT2D eigenvalue weighted by Crippen LogP contribution is 2.52. The van der Waals surface area contributed by atoms with E-state index < -0.39 is 5.82 Å². The second-order valence-electron chi connectivity index (χ2n) is 7.90. The summed E-state index contributed by atoms with van der Waals surface area (Å²) in [5.41, 5.74) is 1.33. The van der Waals surface area contributed by atoms with Crippen LogP contribution in [0.5, 0.6) is 0 Å². The molecule has 5 heteroatoms. The lowest BCUT2D eigenvalue weighted by molar-refractivity contribution is 0.132. The van der Waals surface area contributed by atoms with Gasteiger partial charge in [-0.05, 0) is 60.5 Å². The predicted octanol–water partition coefficient (Wildman–Crippen LogP) is 5.08. The second-order valence-corrected chi connectivity index (χ2v) is 8.69. The van der Waals surface area contributed by atoms with E-state index in [0.29, 0.717) is 27.7 Å². The number of benzene rings is 1. The first-order valence-electron chi connectivity index (χ1n) is 7.70. The first kappa shape index (κ1) is 16.0. The highest BCUT2D eigenvalue weighted by Gasteiger charge is 2.50. The maximum absolute atomic E-state index is 13.6. The number of nitrogens with zero attached hydrogens (tertiary/aromatic N) is 1. The molecule has 1 N–H and O–H groups in total. The number of fused-ring (bicyclic) bond motifs is 2. The van der Waals surface area contributed by atoms with Gasteiger partial charge >= 0.3 is 0 Å². The van der Waals surface area contributed by atoms with Crippen molar-refractivity contribution in [1.29, 1.82) is 0 Å².